The molecule has 1 N–H and O–H groups in total. The molecule has 0 aromatic heterocycles. The zero-order valence-electron chi connectivity index (χ0n) is 11.9. The van der Waals surface area contributed by atoms with Crippen LogP contribution in [-0.4, -0.2) is 43.1 Å². The molecule has 2 rings (SSSR count). The summed E-state index contributed by atoms with van der Waals surface area (Å²) in [7, 11) is 1.35. The summed E-state index contributed by atoms with van der Waals surface area (Å²) < 4.78 is 4.58. The minimum atomic E-state index is -0.409. The van der Waals surface area contributed by atoms with Crippen molar-refractivity contribution in [3.63, 3.8) is 0 Å². The largest absolute Gasteiger partial charge is 0.453 e. The minimum absolute atomic E-state index is 0.0691. The molecule has 1 heterocycles. The van der Waals surface area contributed by atoms with Crippen molar-refractivity contribution in [3.8, 4) is 0 Å². The highest BCUT2D eigenvalue weighted by atomic mass is 16.5. The molecule has 2 amide bonds. The Morgan fingerprint density at radius 2 is 1.90 bits per heavy atom. The van der Waals surface area contributed by atoms with Gasteiger partial charge < -0.3 is 15.0 Å². The van der Waals surface area contributed by atoms with Crippen LogP contribution in [0.5, 0.6) is 0 Å². The van der Waals surface area contributed by atoms with Crippen molar-refractivity contribution in [1.29, 1.82) is 0 Å². The number of hydrogen-bond donors (Lipinski definition) is 1. The molecule has 1 saturated heterocycles. The quantitative estimate of drug-likeness (QED) is 0.898. The van der Waals surface area contributed by atoms with E-state index in [1.165, 1.54) is 7.11 Å². The van der Waals surface area contributed by atoms with E-state index in [1.54, 1.807) is 0 Å². The number of ether oxygens (including phenoxy) is 1. The first-order chi connectivity index (χ1) is 9.61. The van der Waals surface area contributed by atoms with Crippen molar-refractivity contribution < 1.29 is 14.3 Å². The average Bonchev–Trinajstić information content (AvgIpc) is 2.47. The monoisotopic (exact) mass is 276 g/mol. The van der Waals surface area contributed by atoms with Gasteiger partial charge in [-0.15, -0.1) is 0 Å². The Balaban J connectivity index is 1.92. The molecule has 0 unspecified atom stereocenters. The van der Waals surface area contributed by atoms with Crippen molar-refractivity contribution in [2.45, 2.75) is 25.8 Å². The number of methoxy groups -OCH3 is 1. The number of nitrogens with one attached hydrogen (secondary N) is 1. The number of carbonyl (C=O) groups is 2. The third-order valence-electron chi connectivity index (χ3n) is 3.67. The van der Waals surface area contributed by atoms with E-state index in [0.29, 0.717) is 13.1 Å². The summed E-state index contributed by atoms with van der Waals surface area (Å²) in [6, 6.07) is 7.70. The lowest BCUT2D eigenvalue weighted by atomic mass is 10.0. The van der Waals surface area contributed by atoms with E-state index >= 15 is 0 Å². The first kappa shape index (κ1) is 14.4. The molecule has 1 aliphatic rings. The van der Waals surface area contributed by atoms with Crippen LogP contribution in [0.1, 0.15) is 28.8 Å². The van der Waals surface area contributed by atoms with E-state index in [1.807, 2.05) is 36.1 Å². The lowest BCUT2D eigenvalue weighted by molar-refractivity contribution is 0.0703. The number of aryl methyl sites for hydroxylation is 1. The Hall–Kier alpha value is -2.04. The Bertz CT molecular complexity index is 494. The summed E-state index contributed by atoms with van der Waals surface area (Å²) in [6.07, 6.45) is 1.10. The number of hydrogen-bond acceptors (Lipinski definition) is 3. The van der Waals surface area contributed by atoms with Gasteiger partial charge >= 0.3 is 6.09 Å². The van der Waals surface area contributed by atoms with Crippen LogP contribution in [0.15, 0.2) is 24.3 Å². The number of rotatable bonds is 2. The van der Waals surface area contributed by atoms with Crippen molar-refractivity contribution in [3.05, 3.63) is 35.4 Å². The fraction of sp³-hybridized carbons (Fsp3) is 0.467. The molecule has 20 heavy (non-hydrogen) atoms. The number of likely N-dealkylation sites (tertiary alicyclic amines) is 1. The first-order valence-electron chi connectivity index (χ1n) is 6.81. The van der Waals surface area contributed by atoms with E-state index in [-0.39, 0.29) is 11.9 Å². The molecule has 1 aromatic rings. The third-order valence-corrected chi connectivity index (χ3v) is 3.67. The molecule has 0 bridgehead atoms. The highest BCUT2D eigenvalue weighted by Gasteiger charge is 2.25. The van der Waals surface area contributed by atoms with Crippen LogP contribution < -0.4 is 5.32 Å². The molecule has 5 nitrogen and oxygen atoms in total. The van der Waals surface area contributed by atoms with Crippen molar-refractivity contribution in [2.75, 3.05) is 20.2 Å². The molecule has 0 atom stereocenters. The van der Waals surface area contributed by atoms with Gasteiger partial charge in [0.2, 0.25) is 0 Å². The molecule has 0 aliphatic carbocycles. The molecule has 1 aliphatic heterocycles. The molecular weight excluding hydrogens is 256 g/mol. The fourth-order valence-corrected chi connectivity index (χ4v) is 2.44. The molecule has 0 saturated carbocycles. The van der Waals surface area contributed by atoms with E-state index in [9.17, 15) is 9.59 Å². The van der Waals surface area contributed by atoms with E-state index in [2.05, 4.69) is 10.1 Å². The molecule has 1 aromatic carbocycles. The smallest absolute Gasteiger partial charge is 0.407 e. The van der Waals surface area contributed by atoms with Gasteiger partial charge in [-0.25, -0.2) is 4.79 Å². The summed E-state index contributed by atoms with van der Waals surface area (Å²) in [5.74, 6) is 0.0691. The van der Waals surface area contributed by atoms with Crippen molar-refractivity contribution in [2.24, 2.45) is 0 Å². The normalized spacial score (nSPS) is 15.8. The minimum Gasteiger partial charge on any atom is -0.453 e. The van der Waals surface area contributed by atoms with Crippen molar-refractivity contribution >= 4 is 12.0 Å². The third kappa shape index (κ3) is 3.29. The van der Waals surface area contributed by atoms with Crippen molar-refractivity contribution in [1.82, 2.24) is 10.2 Å². The number of alkyl carbamates (subject to hydrolysis) is 1. The molecule has 108 valence electrons. The summed E-state index contributed by atoms with van der Waals surface area (Å²) in [4.78, 5) is 25.4. The van der Waals surface area contributed by atoms with Crippen LogP contribution in [0, 0.1) is 6.92 Å². The molecular formula is C15H20N2O3. The maximum absolute atomic E-state index is 12.4. The van der Waals surface area contributed by atoms with Crippen LogP contribution >= 0.6 is 0 Å². The first-order valence-corrected chi connectivity index (χ1v) is 6.81. The Labute approximate surface area is 118 Å². The zero-order chi connectivity index (χ0) is 14.5. The van der Waals surface area contributed by atoms with Gasteiger partial charge in [-0.2, -0.15) is 0 Å². The molecule has 1 fully saturated rings. The van der Waals surface area contributed by atoms with Gasteiger partial charge in [-0.1, -0.05) is 18.2 Å². The summed E-state index contributed by atoms with van der Waals surface area (Å²) in [5.41, 5.74) is 1.75. The van der Waals surface area contributed by atoms with Crippen LogP contribution in [0.3, 0.4) is 0 Å². The highest BCUT2D eigenvalue weighted by molar-refractivity contribution is 5.95. The Morgan fingerprint density at radius 1 is 1.25 bits per heavy atom. The fourth-order valence-electron chi connectivity index (χ4n) is 2.44. The van der Waals surface area contributed by atoms with Crippen LogP contribution in [0.25, 0.3) is 0 Å². The van der Waals surface area contributed by atoms with Crippen LogP contribution in [0.2, 0.25) is 0 Å². The maximum Gasteiger partial charge on any atom is 0.407 e. The zero-order valence-corrected chi connectivity index (χ0v) is 11.9. The van der Waals surface area contributed by atoms with Gasteiger partial charge in [0, 0.05) is 24.7 Å². The summed E-state index contributed by atoms with van der Waals surface area (Å²) in [6.45, 7) is 3.25. The van der Waals surface area contributed by atoms with Gasteiger partial charge in [0.1, 0.15) is 0 Å². The van der Waals surface area contributed by atoms with Gasteiger partial charge in [-0.05, 0) is 31.4 Å². The predicted molar refractivity (Wildman–Crippen MR) is 75.6 cm³/mol. The number of amides is 2. The van der Waals surface area contributed by atoms with Crippen LogP contribution in [0.4, 0.5) is 4.79 Å². The second-order valence-corrected chi connectivity index (χ2v) is 5.02. The standard InChI is InChI=1S/C15H20N2O3/c1-11-5-3-4-6-13(11)14(18)17-9-7-12(8-10-17)16-15(19)20-2/h3-6,12H,7-10H2,1-2H3,(H,16,19). The number of piperidine rings is 1. The average molecular weight is 276 g/mol. The highest BCUT2D eigenvalue weighted by Crippen LogP contribution is 2.16. The molecule has 5 heteroatoms. The van der Waals surface area contributed by atoms with Crippen LogP contribution in [-0.2, 0) is 4.74 Å². The second kappa shape index (κ2) is 6.41. The number of benzene rings is 1. The molecule has 0 radical (unpaired) electrons. The Morgan fingerprint density at radius 3 is 2.50 bits per heavy atom. The number of nitrogens with zero attached hydrogens (tertiary/aromatic N) is 1. The van der Waals surface area contributed by atoms with E-state index < -0.39 is 6.09 Å². The lowest BCUT2D eigenvalue weighted by Gasteiger charge is -2.32. The summed E-state index contributed by atoms with van der Waals surface area (Å²) in [5, 5.41) is 2.78. The van der Waals surface area contributed by atoms with Gasteiger partial charge in [0.15, 0.2) is 0 Å². The van der Waals surface area contributed by atoms with Gasteiger partial charge in [0.25, 0.3) is 5.91 Å². The molecule has 0 spiro atoms. The number of carbonyl (C=O) groups excluding carboxylic acids is 2. The van der Waals surface area contributed by atoms with Gasteiger partial charge in [0.05, 0.1) is 7.11 Å². The summed E-state index contributed by atoms with van der Waals surface area (Å²) >= 11 is 0. The predicted octanol–water partition coefficient (Wildman–Crippen LogP) is 1.96. The topological polar surface area (TPSA) is 58.6 Å². The lowest BCUT2D eigenvalue weighted by Crippen LogP contribution is -2.46. The van der Waals surface area contributed by atoms with E-state index in [4.69, 9.17) is 0 Å². The second-order valence-electron chi connectivity index (χ2n) is 5.02. The Kier molecular flexibility index (Phi) is 4.61. The van der Waals surface area contributed by atoms with Gasteiger partial charge in [-0.3, -0.25) is 4.79 Å². The SMILES string of the molecule is COC(=O)NC1CCN(C(=O)c2ccccc2C)CC1. The van der Waals surface area contributed by atoms with E-state index in [0.717, 1.165) is 24.0 Å². The maximum atomic E-state index is 12.4.